The molecule has 0 aromatic carbocycles. The van der Waals surface area contributed by atoms with Gasteiger partial charge in [0.15, 0.2) is 0 Å². The molecule has 0 saturated heterocycles. The Hall–Kier alpha value is -0.550. The molecular formula is C13H22N2. The molecule has 2 heteroatoms. The first-order valence-electron chi connectivity index (χ1n) is 6.37. The zero-order chi connectivity index (χ0) is 10.8. The Balaban J connectivity index is 2.00. The van der Waals surface area contributed by atoms with E-state index in [0.717, 1.165) is 18.4 Å². The van der Waals surface area contributed by atoms with Crippen LogP contribution in [0.2, 0.25) is 0 Å². The Labute approximate surface area is 93.3 Å². The third kappa shape index (κ3) is 2.52. The zero-order valence-electron chi connectivity index (χ0n) is 9.95. The van der Waals surface area contributed by atoms with Crippen molar-refractivity contribution in [3.63, 3.8) is 0 Å². The van der Waals surface area contributed by atoms with Gasteiger partial charge in [0.2, 0.25) is 0 Å². The highest BCUT2D eigenvalue weighted by atomic mass is 15.2. The fraction of sp³-hybridized carbons (Fsp3) is 0.923. The maximum Gasteiger partial charge on any atom is 0.0672 e. The Kier molecular flexibility index (Phi) is 3.31. The SMILES string of the molecule is CC(C)CN(C1CC1)C1CCCC1C#N. The predicted molar refractivity (Wildman–Crippen MR) is 61.3 cm³/mol. The van der Waals surface area contributed by atoms with Crippen molar-refractivity contribution in [2.75, 3.05) is 6.54 Å². The molecule has 0 amide bonds. The van der Waals surface area contributed by atoms with Crippen LogP contribution in [0.5, 0.6) is 0 Å². The van der Waals surface area contributed by atoms with E-state index in [1.165, 1.54) is 32.2 Å². The minimum absolute atomic E-state index is 0.310. The van der Waals surface area contributed by atoms with Crippen LogP contribution >= 0.6 is 0 Å². The van der Waals surface area contributed by atoms with E-state index in [1.807, 2.05) is 0 Å². The number of nitriles is 1. The number of hydrogen-bond acceptors (Lipinski definition) is 2. The van der Waals surface area contributed by atoms with E-state index in [-0.39, 0.29) is 0 Å². The third-order valence-corrected chi connectivity index (χ3v) is 3.66. The lowest BCUT2D eigenvalue weighted by Gasteiger charge is -2.32. The molecule has 84 valence electrons. The van der Waals surface area contributed by atoms with E-state index in [4.69, 9.17) is 5.26 Å². The second kappa shape index (κ2) is 4.53. The first-order chi connectivity index (χ1) is 7.22. The summed E-state index contributed by atoms with van der Waals surface area (Å²) in [5.41, 5.74) is 0. The highest BCUT2D eigenvalue weighted by Crippen LogP contribution is 2.37. The average molecular weight is 206 g/mol. The van der Waals surface area contributed by atoms with Gasteiger partial charge in [0, 0.05) is 18.6 Å². The van der Waals surface area contributed by atoms with Gasteiger partial charge in [0.25, 0.3) is 0 Å². The maximum absolute atomic E-state index is 9.14. The lowest BCUT2D eigenvalue weighted by molar-refractivity contribution is 0.149. The molecule has 2 saturated carbocycles. The molecule has 2 aliphatic rings. The summed E-state index contributed by atoms with van der Waals surface area (Å²) in [7, 11) is 0. The Morgan fingerprint density at radius 2 is 2.00 bits per heavy atom. The van der Waals surface area contributed by atoms with E-state index in [0.29, 0.717) is 12.0 Å². The molecule has 2 unspecified atom stereocenters. The van der Waals surface area contributed by atoms with Crippen molar-refractivity contribution in [1.29, 1.82) is 5.26 Å². The molecule has 2 rings (SSSR count). The molecule has 0 aromatic rings. The van der Waals surface area contributed by atoms with Crippen LogP contribution in [0.25, 0.3) is 0 Å². The summed E-state index contributed by atoms with van der Waals surface area (Å²) in [5.74, 6) is 1.04. The van der Waals surface area contributed by atoms with Gasteiger partial charge in [-0.05, 0) is 31.6 Å². The van der Waals surface area contributed by atoms with E-state index in [9.17, 15) is 0 Å². The van der Waals surface area contributed by atoms with E-state index < -0.39 is 0 Å². The van der Waals surface area contributed by atoms with Crippen LogP contribution in [0.1, 0.15) is 46.0 Å². The molecule has 2 fully saturated rings. The van der Waals surface area contributed by atoms with Gasteiger partial charge >= 0.3 is 0 Å². The summed E-state index contributed by atoms with van der Waals surface area (Å²) in [6, 6.07) is 3.89. The van der Waals surface area contributed by atoms with Crippen molar-refractivity contribution in [1.82, 2.24) is 4.90 Å². The maximum atomic E-state index is 9.14. The van der Waals surface area contributed by atoms with Gasteiger partial charge in [-0.15, -0.1) is 0 Å². The van der Waals surface area contributed by atoms with Crippen LogP contribution < -0.4 is 0 Å². The molecule has 2 atom stereocenters. The topological polar surface area (TPSA) is 27.0 Å². The molecule has 0 heterocycles. The lowest BCUT2D eigenvalue weighted by Crippen LogP contribution is -2.41. The highest BCUT2D eigenvalue weighted by Gasteiger charge is 2.39. The van der Waals surface area contributed by atoms with Crippen LogP contribution in [-0.4, -0.2) is 23.5 Å². The molecule has 15 heavy (non-hydrogen) atoms. The highest BCUT2D eigenvalue weighted by molar-refractivity contribution is 5.01. The van der Waals surface area contributed by atoms with Gasteiger partial charge in [0.1, 0.15) is 0 Å². The van der Waals surface area contributed by atoms with Crippen LogP contribution in [0, 0.1) is 23.2 Å². The number of hydrogen-bond donors (Lipinski definition) is 0. The van der Waals surface area contributed by atoms with Crippen LogP contribution in [0.15, 0.2) is 0 Å². The number of nitrogens with zero attached hydrogens (tertiary/aromatic N) is 2. The summed E-state index contributed by atoms with van der Waals surface area (Å²) in [5, 5.41) is 9.14. The second-order valence-electron chi connectivity index (χ2n) is 5.56. The van der Waals surface area contributed by atoms with Crippen molar-refractivity contribution in [3.8, 4) is 6.07 Å². The lowest BCUT2D eigenvalue weighted by atomic mass is 10.0. The third-order valence-electron chi connectivity index (χ3n) is 3.66. The summed E-state index contributed by atoms with van der Waals surface area (Å²) in [6.45, 7) is 5.75. The van der Waals surface area contributed by atoms with Crippen molar-refractivity contribution in [2.45, 2.75) is 58.0 Å². The fourth-order valence-corrected chi connectivity index (χ4v) is 2.87. The van der Waals surface area contributed by atoms with Crippen LogP contribution in [0.4, 0.5) is 0 Å². The minimum Gasteiger partial charge on any atom is -0.296 e. The number of rotatable bonds is 4. The van der Waals surface area contributed by atoms with E-state index in [2.05, 4.69) is 24.8 Å². The Morgan fingerprint density at radius 1 is 1.27 bits per heavy atom. The molecule has 0 N–H and O–H groups in total. The van der Waals surface area contributed by atoms with Crippen molar-refractivity contribution >= 4 is 0 Å². The summed E-state index contributed by atoms with van der Waals surface area (Å²) in [4.78, 5) is 2.64. The van der Waals surface area contributed by atoms with Crippen molar-refractivity contribution < 1.29 is 0 Å². The summed E-state index contributed by atoms with van der Waals surface area (Å²) in [6.07, 6.45) is 6.36. The van der Waals surface area contributed by atoms with Gasteiger partial charge in [-0.1, -0.05) is 20.3 Å². The Bertz CT molecular complexity index is 250. The van der Waals surface area contributed by atoms with Gasteiger partial charge in [-0.3, -0.25) is 4.90 Å². The van der Waals surface area contributed by atoms with Gasteiger partial charge in [-0.25, -0.2) is 0 Å². The second-order valence-corrected chi connectivity index (χ2v) is 5.56. The molecule has 0 radical (unpaired) electrons. The Morgan fingerprint density at radius 3 is 2.53 bits per heavy atom. The monoisotopic (exact) mass is 206 g/mol. The average Bonchev–Trinajstić information content (AvgIpc) is 2.92. The largest absolute Gasteiger partial charge is 0.296 e. The molecule has 0 spiro atoms. The minimum atomic E-state index is 0.310. The molecular weight excluding hydrogens is 184 g/mol. The molecule has 2 nitrogen and oxygen atoms in total. The molecule has 0 aromatic heterocycles. The first-order valence-corrected chi connectivity index (χ1v) is 6.37. The van der Waals surface area contributed by atoms with Gasteiger partial charge in [0.05, 0.1) is 12.0 Å². The van der Waals surface area contributed by atoms with Gasteiger partial charge < -0.3 is 0 Å². The molecule has 2 aliphatic carbocycles. The van der Waals surface area contributed by atoms with E-state index in [1.54, 1.807) is 0 Å². The quantitative estimate of drug-likeness (QED) is 0.707. The van der Waals surface area contributed by atoms with Gasteiger partial charge in [-0.2, -0.15) is 5.26 Å². The summed E-state index contributed by atoms with van der Waals surface area (Å²) < 4.78 is 0. The van der Waals surface area contributed by atoms with Crippen LogP contribution in [-0.2, 0) is 0 Å². The predicted octanol–water partition coefficient (Wildman–Crippen LogP) is 2.80. The molecule has 0 aliphatic heterocycles. The standard InChI is InChI=1S/C13H22N2/c1-10(2)9-15(12-6-7-12)13-5-3-4-11(13)8-14/h10-13H,3-7,9H2,1-2H3. The van der Waals surface area contributed by atoms with Crippen molar-refractivity contribution in [2.24, 2.45) is 11.8 Å². The molecule has 0 bridgehead atoms. The van der Waals surface area contributed by atoms with Crippen molar-refractivity contribution in [3.05, 3.63) is 0 Å². The zero-order valence-corrected chi connectivity index (χ0v) is 9.95. The van der Waals surface area contributed by atoms with E-state index >= 15 is 0 Å². The summed E-state index contributed by atoms with van der Waals surface area (Å²) >= 11 is 0. The normalized spacial score (nSPS) is 31.1. The smallest absolute Gasteiger partial charge is 0.0672 e. The fourth-order valence-electron chi connectivity index (χ4n) is 2.87. The first kappa shape index (κ1) is 11.0. The van der Waals surface area contributed by atoms with Crippen LogP contribution in [0.3, 0.4) is 0 Å².